The van der Waals surface area contributed by atoms with E-state index in [0.717, 1.165) is 22.6 Å². The van der Waals surface area contributed by atoms with Gasteiger partial charge in [-0.3, -0.25) is 0 Å². The van der Waals surface area contributed by atoms with Crippen LogP contribution < -0.4 is 15.2 Å². The molecule has 3 rings (SSSR count). The molecule has 18 heavy (non-hydrogen) atoms. The number of hydrogen-bond donors (Lipinski definition) is 2. The summed E-state index contributed by atoms with van der Waals surface area (Å²) in [5.41, 5.74) is 7.31. The molecule has 0 bridgehead atoms. The Labute approximate surface area is 105 Å². The third kappa shape index (κ3) is 1.51. The predicted molar refractivity (Wildman–Crippen MR) is 64.9 cm³/mol. The van der Waals surface area contributed by atoms with Gasteiger partial charge in [0.2, 0.25) is 6.79 Å². The number of aliphatic hydroxyl groups excluding tert-OH is 1. The van der Waals surface area contributed by atoms with Crippen LogP contribution in [0.4, 0.5) is 0 Å². The van der Waals surface area contributed by atoms with Crippen molar-refractivity contribution in [1.82, 2.24) is 0 Å². The Balaban J connectivity index is 2.05. The lowest BCUT2D eigenvalue weighted by Gasteiger charge is -2.45. The fourth-order valence-electron chi connectivity index (χ4n) is 2.65. The molecular formula is C13H17NO4. The first kappa shape index (κ1) is 11.8. The molecule has 5 nitrogen and oxygen atoms in total. The summed E-state index contributed by atoms with van der Waals surface area (Å²) in [6, 6.07) is 3.89. The van der Waals surface area contributed by atoms with Gasteiger partial charge in [-0.05, 0) is 30.2 Å². The molecule has 2 aliphatic rings. The molecular weight excluding hydrogens is 234 g/mol. The lowest BCUT2D eigenvalue weighted by molar-refractivity contribution is -0.117. The molecule has 1 fully saturated rings. The molecule has 1 atom stereocenters. The van der Waals surface area contributed by atoms with Crippen LogP contribution >= 0.6 is 0 Å². The Kier molecular flexibility index (Phi) is 2.69. The maximum atomic E-state index is 10.2. The average molecular weight is 251 g/mol. The second kappa shape index (κ2) is 4.12. The van der Waals surface area contributed by atoms with Crippen molar-refractivity contribution >= 4 is 0 Å². The molecule has 3 N–H and O–H groups in total. The zero-order valence-corrected chi connectivity index (χ0v) is 10.3. The Morgan fingerprint density at radius 3 is 2.56 bits per heavy atom. The van der Waals surface area contributed by atoms with Crippen molar-refractivity contribution in [2.45, 2.75) is 18.4 Å². The summed E-state index contributed by atoms with van der Waals surface area (Å²) in [7, 11) is 0. The van der Waals surface area contributed by atoms with E-state index in [4.69, 9.17) is 19.9 Å². The highest BCUT2D eigenvalue weighted by Crippen LogP contribution is 2.43. The molecule has 0 spiro atoms. The van der Waals surface area contributed by atoms with Gasteiger partial charge in [0.25, 0.3) is 0 Å². The van der Waals surface area contributed by atoms with Crippen molar-refractivity contribution in [2.24, 2.45) is 5.73 Å². The minimum atomic E-state index is -0.606. The van der Waals surface area contributed by atoms with Gasteiger partial charge in [0.15, 0.2) is 11.5 Å². The Morgan fingerprint density at radius 1 is 1.33 bits per heavy atom. The van der Waals surface area contributed by atoms with Crippen LogP contribution in [0.25, 0.3) is 0 Å². The van der Waals surface area contributed by atoms with Crippen LogP contribution in [0, 0.1) is 6.92 Å². The molecule has 1 aromatic rings. The number of aliphatic hydroxyl groups is 1. The predicted octanol–water partition coefficient (Wildman–Crippen LogP) is 0.311. The van der Waals surface area contributed by atoms with Gasteiger partial charge in [0.05, 0.1) is 24.7 Å². The molecule has 1 aromatic carbocycles. The van der Waals surface area contributed by atoms with Crippen LogP contribution in [0.15, 0.2) is 12.1 Å². The van der Waals surface area contributed by atoms with Gasteiger partial charge in [-0.25, -0.2) is 0 Å². The first-order chi connectivity index (χ1) is 8.67. The van der Waals surface area contributed by atoms with Gasteiger partial charge >= 0.3 is 0 Å². The van der Waals surface area contributed by atoms with Gasteiger partial charge < -0.3 is 25.1 Å². The summed E-state index contributed by atoms with van der Waals surface area (Å²) >= 11 is 0. The zero-order valence-electron chi connectivity index (χ0n) is 10.3. The van der Waals surface area contributed by atoms with Crippen molar-refractivity contribution in [3.63, 3.8) is 0 Å². The van der Waals surface area contributed by atoms with Crippen LogP contribution in [0.5, 0.6) is 11.5 Å². The largest absolute Gasteiger partial charge is 0.454 e. The van der Waals surface area contributed by atoms with Crippen LogP contribution in [-0.2, 0) is 10.2 Å². The normalized spacial score (nSPS) is 21.5. The zero-order chi connectivity index (χ0) is 12.8. The second-order valence-corrected chi connectivity index (χ2v) is 4.92. The van der Waals surface area contributed by atoms with Crippen LogP contribution in [0.1, 0.15) is 11.1 Å². The number of ether oxygens (including phenoxy) is 3. The molecule has 0 amide bonds. The van der Waals surface area contributed by atoms with Crippen LogP contribution in [0.3, 0.4) is 0 Å². The summed E-state index contributed by atoms with van der Waals surface area (Å²) in [6.07, 6.45) is -0.606. The Morgan fingerprint density at radius 2 is 2.00 bits per heavy atom. The molecule has 1 saturated heterocycles. The van der Waals surface area contributed by atoms with Gasteiger partial charge in [0.1, 0.15) is 0 Å². The lowest BCUT2D eigenvalue weighted by atomic mass is 9.72. The van der Waals surface area contributed by atoms with E-state index >= 15 is 0 Å². The summed E-state index contributed by atoms with van der Waals surface area (Å²) in [4.78, 5) is 0. The molecule has 2 aliphatic heterocycles. The number of rotatable bonds is 3. The fourth-order valence-corrected chi connectivity index (χ4v) is 2.65. The van der Waals surface area contributed by atoms with Crippen molar-refractivity contribution in [2.75, 3.05) is 26.6 Å². The molecule has 1 unspecified atom stereocenters. The maximum Gasteiger partial charge on any atom is 0.231 e. The number of fused-ring (bicyclic) bond motifs is 1. The molecule has 98 valence electrons. The lowest BCUT2D eigenvalue weighted by Crippen LogP contribution is -2.58. The van der Waals surface area contributed by atoms with E-state index in [9.17, 15) is 5.11 Å². The molecule has 0 aromatic heterocycles. The van der Waals surface area contributed by atoms with E-state index in [0.29, 0.717) is 13.2 Å². The van der Waals surface area contributed by atoms with Crippen LogP contribution in [0.2, 0.25) is 0 Å². The summed E-state index contributed by atoms with van der Waals surface area (Å²) in [6.45, 7) is 3.46. The summed E-state index contributed by atoms with van der Waals surface area (Å²) in [5, 5.41) is 10.2. The SMILES string of the molecule is Cc1cc2c(cc1C1(C(O)CN)COC1)OCO2. The fraction of sp³-hybridized carbons (Fsp3) is 0.538. The van der Waals surface area contributed by atoms with Crippen LogP contribution in [-0.4, -0.2) is 37.8 Å². The minimum absolute atomic E-state index is 0.219. The van der Waals surface area contributed by atoms with Crippen molar-refractivity contribution in [1.29, 1.82) is 0 Å². The van der Waals surface area contributed by atoms with E-state index in [2.05, 4.69) is 0 Å². The summed E-state index contributed by atoms with van der Waals surface area (Å²) in [5.74, 6) is 1.49. The molecule has 0 radical (unpaired) electrons. The van der Waals surface area contributed by atoms with Crippen molar-refractivity contribution in [3.8, 4) is 11.5 Å². The Hall–Kier alpha value is -1.30. The smallest absolute Gasteiger partial charge is 0.231 e. The topological polar surface area (TPSA) is 73.9 Å². The first-order valence-corrected chi connectivity index (χ1v) is 6.04. The highest BCUT2D eigenvalue weighted by Gasteiger charge is 2.47. The third-order valence-electron chi connectivity index (χ3n) is 3.84. The van der Waals surface area contributed by atoms with E-state index in [1.807, 2.05) is 19.1 Å². The molecule has 0 saturated carbocycles. The molecule has 5 heteroatoms. The molecule has 2 heterocycles. The first-order valence-electron chi connectivity index (χ1n) is 6.04. The standard InChI is InChI=1S/C13H17NO4/c1-8-2-10-11(18-7-17-10)3-9(8)13(5-16-6-13)12(15)4-14/h2-3,12,15H,4-7,14H2,1H3. The summed E-state index contributed by atoms with van der Waals surface area (Å²) < 4.78 is 16.0. The van der Waals surface area contributed by atoms with Gasteiger partial charge in [-0.2, -0.15) is 0 Å². The Bertz CT molecular complexity index is 470. The second-order valence-electron chi connectivity index (χ2n) is 4.92. The average Bonchev–Trinajstić information content (AvgIpc) is 2.74. The van der Waals surface area contributed by atoms with Gasteiger partial charge in [-0.15, -0.1) is 0 Å². The highest BCUT2D eigenvalue weighted by molar-refractivity contribution is 5.51. The van der Waals surface area contributed by atoms with E-state index in [1.165, 1.54) is 0 Å². The quantitative estimate of drug-likeness (QED) is 0.809. The number of hydrogen-bond acceptors (Lipinski definition) is 5. The third-order valence-corrected chi connectivity index (χ3v) is 3.84. The van der Waals surface area contributed by atoms with E-state index in [1.54, 1.807) is 0 Å². The van der Waals surface area contributed by atoms with Crippen molar-refractivity contribution < 1.29 is 19.3 Å². The van der Waals surface area contributed by atoms with Gasteiger partial charge in [0, 0.05) is 6.54 Å². The number of nitrogens with two attached hydrogens (primary N) is 1. The number of aryl methyl sites for hydroxylation is 1. The van der Waals surface area contributed by atoms with E-state index in [-0.39, 0.29) is 13.3 Å². The highest BCUT2D eigenvalue weighted by atomic mass is 16.7. The monoisotopic (exact) mass is 251 g/mol. The van der Waals surface area contributed by atoms with Crippen molar-refractivity contribution in [3.05, 3.63) is 23.3 Å². The maximum absolute atomic E-state index is 10.2. The minimum Gasteiger partial charge on any atom is -0.454 e. The van der Waals surface area contributed by atoms with Gasteiger partial charge in [-0.1, -0.05) is 0 Å². The number of benzene rings is 1. The van der Waals surface area contributed by atoms with E-state index < -0.39 is 11.5 Å². The molecule has 0 aliphatic carbocycles.